The zero-order valence-corrected chi connectivity index (χ0v) is 16.2. The maximum Gasteiger partial charge on any atom is 0.252 e. The Bertz CT molecular complexity index is 798. The molecule has 1 atom stereocenters. The standard InChI is InChI=1S/C19H21ClN2O5/c1-11(18(23)22-14-7-5-13(20)6-8-14)21-19(24)12-9-15(25-2)17(27-4)16(10-12)26-3/h5-11H,1-4H3,(H,21,24)(H,22,23)/t11-/m0/s1. The molecule has 0 saturated carbocycles. The van der Waals surface area contributed by atoms with Gasteiger partial charge in [-0.25, -0.2) is 0 Å². The third-order valence-electron chi connectivity index (χ3n) is 3.78. The number of hydrogen-bond donors (Lipinski definition) is 2. The summed E-state index contributed by atoms with van der Waals surface area (Å²) in [5.74, 6) is 0.261. The fourth-order valence-electron chi connectivity index (χ4n) is 2.34. The average Bonchev–Trinajstić information content (AvgIpc) is 2.68. The Hall–Kier alpha value is -2.93. The molecule has 0 aliphatic heterocycles. The number of rotatable bonds is 7. The lowest BCUT2D eigenvalue weighted by molar-refractivity contribution is -0.117. The molecule has 0 spiro atoms. The van der Waals surface area contributed by atoms with Crippen molar-refractivity contribution in [2.75, 3.05) is 26.6 Å². The van der Waals surface area contributed by atoms with Crippen molar-refractivity contribution in [3.05, 3.63) is 47.0 Å². The molecular weight excluding hydrogens is 372 g/mol. The van der Waals surface area contributed by atoms with E-state index in [1.54, 1.807) is 31.2 Å². The van der Waals surface area contributed by atoms with Crippen LogP contribution in [0.1, 0.15) is 17.3 Å². The summed E-state index contributed by atoms with van der Waals surface area (Å²) in [6.07, 6.45) is 0. The molecule has 0 saturated heterocycles. The molecule has 0 bridgehead atoms. The van der Waals surface area contributed by atoms with Gasteiger partial charge in [0.2, 0.25) is 11.7 Å². The Morgan fingerprint density at radius 2 is 1.52 bits per heavy atom. The lowest BCUT2D eigenvalue weighted by Gasteiger charge is -2.16. The first-order valence-corrected chi connectivity index (χ1v) is 8.44. The molecule has 0 heterocycles. The normalized spacial score (nSPS) is 11.3. The van der Waals surface area contributed by atoms with E-state index in [4.69, 9.17) is 25.8 Å². The number of anilines is 1. The van der Waals surface area contributed by atoms with E-state index in [0.29, 0.717) is 28.0 Å². The van der Waals surface area contributed by atoms with Gasteiger partial charge >= 0.3 is 0 Å². The SMILES string of the molecule is COc1cc(C(=O)N[C@@H](C)C(=O)Nc2ccc(Cl)cc2)cc(OC)c1OC. The van der Waals surface area contributed by atoms with Crippen LogP contribution in [0.4, 0.5) is 5.69 Å². The minimum Gasteiger partial charge on any atom is -0.493 e. The number of methoxy groups -OCH3 is 3. The zero-order chi connectivity index (χ0) is 20.0. The van der Waals surface area contributed by atoms with Gasteiger partial charge in [0.1, 0.15) is 6.04 Å². The second-order valence-electron chi connectivity index (χ2n) is 5.61. The van der Waals surface area contributed by atoms with E-state index < -0.39 is 11.9 Å². The van der Waals surface area contributed by atoms with Crippen LogP contribution in [0.5, 0.6) is 17.2 Å². The number of carbonyl (C=O) groups excluding carboxylic acids is 2. The summed E-state index contributed by atoms with van der Waals surface area (Å²) < 4.78 is 15.7. The zero-order valence-electron chi connectivity index (χ0n) is 15.5. The van der Waals surface area contributed by atoms with E-state index >= 15 is 0 Å². The van der Waals surface area contributed by atoms with Crippen molar-refractivity contribution in [2.45, 2.75) is 13.0 Å². The van der Waals surface area contributed by atoms with E-state index in [1.165, 1.54) is 33.5 Å². The number of amides is 2. The summed E-state index contributed by atoms with van der Waals surface area (Å²) in [5.41, 5.74) is 0.855. The second-order valence-corrected chi connectivity index (χ2v) is 6.04. The molecule has 0 radical (unpaired) electrons. The van der Waals surface area contributed by atoms with E-state index in [0.717, 1.165) is 0 Å². The van der Waals surface area contributed by atoms with E-state index in [-0.39, 0.29) is 11.5 Å². The number of hydrogen-bond acceptors (Lipinski definition) is 5. The van der Waals surface area contributed by atoms with Crippen LogP contribution in [-0.4, -0.2) is 39.2 Å². The fourth-order valence-corrected chi connectivity index (χ4v) is 2.47. The van der Waals surface area contributed by atoms with Gasteiger partial charge < -0.3 is 24.8 Å². The van der Waals surface area contributed by atoms with E-state index in [9.17, 15) is 9.59 Å². The number of halogens is 1. The van der Waals surface area contributed by atoms with Crippen molar-refractivity contribution in [3.63, 3.8) is 0 Å². The summed E-state index contributed by atoms with van der Waals surface area (Å²) in [7, 11) is 4.39. The van der Waals surface area contributed by atoms with Crippen molar-refractivity contribution in [1.29, 1.82) is 0 Å². The third-order valence-corrected chi connectivity index (χ3v) is 4.03. The Morgan fingerprint density at radius 1 is 0.963 bits per heavy atom. The molecule has 0 unspecified atom stereocenters. The van der Waals surface area contributed by atoms with Crippen molar-refractivity contribution in [2.24, 2.45) is 0 Å². The van der Waals surface area contributed by atoms with Gasteiger partial charge in [0.25, 0.3) is 5.91 Å². The Labute approximate surface area is 162 Å². The molecule has 2 amide bonds. The minimum atomic E-state index is -0.771. The highest BCUT2D eigenvalue weighted by Gasteiger charge is 2.20. The summed E-state index contributed by atoms with van der Waals surface area (Å²) >= 11 is 5.82. The molecule has 7 nitrogen and oxygen atoms in total. The van der Waals surface area contributed by atoms with Crippen LogP contribution in [0.3, 0.4) is 0 Å². The molecular formula is C19H21ClN2O5. The summed E-state index contributed by atoms with van der Waals surface area (Å²) in [6.45, 7) is 1.58. The molecule has 0 fully saturated rings. The average molecular weight is 393 g/mol. The fraction of sp³-hybridized carbons (Fsp3) is 0.263. The van der Waals surface area contributed by atoms with Gasteiger partial charge in [0.05, 0.1) is 21.3 Å². The first-order chi connectivity index (χ1) is 12.9. The van der Waals surface area contributed by atoms with Crippen LogP contribution in [0, 0.1) is 0 Å². The second kappa shape index (κ2) is 9.14. The molecule has 2 rings (SSSR count). The highest BCUT2D eigenvalue weighted by atomic mass is 35.5. The van der Waals surface area contributed by atoms with Gasteiger partial charge in [0, 0.05) is 16.3 Å². The van der Waals surface area contributed by atoms with E-state index in [2.05, 4.69) is 10.6 Å². The van der Waals surface area contributed by atoms with Gasteiger partial charge in [0.15, 0.2) is 11.5 Å². The van der Waals surface area contributed by atoms with Crippen LogP contribution in [0.25, 0.3) is 0 Å². The summed E-state index contributed by atoms with van der Waals surface area (Å²) in [6, 6.07) is 8.93. The molecule has 2 N–H and O–H groups in total. The van der Waals surface area contributed by atoms with Crippen LogP contribution >= 0.6 is 11.6 Å². The largest absolute Gasteiger partial charge is 0.493 e. The Kier molecular flexibility index (Phi) is 6.90. The van der Waals surface area contributed by atoms with Crippen LogP contribution < -0.4 is 24.8 Å². The maximum atomic E-state index is 12.5. The molecule has 2 aromatic rings. The number of carbonyl (C=O) groups is 2. The van der Waals surface area contributed by atoms with Gasteiger partial charge in [-0.2, -0.15) is 0 Å². The van der Waals surface area contributed by atoms with Crippen molar-refractivity contribution in [3.8, 4) is 17.2 Å². The first kappa shape index (κ1) is 20.4. The minimum absolute atomic E-state index is 0.274. The first-order valence-electron chi connectivity index (χ1n) is 8.07. The van der Waals surface area contributed by atoms with Crippen LogP contribution in [0.15, 0.2) is 36.4 Å². The number of nitrogens with one attached hydrogen (secondary N) is 2. The predicted octanol–water partition coefficient (Wildman–Crippen LogP) is 3.12. The molecule has 0 aliphatic carbocycles. The Balaban J connectivity index is 2.11. The van der Waals surface area contributed by atoms with Gasteiger partial charge in [-0.15, -0.1) is 0 Å². The highest BCUT2D eigenvalue weighted by molar-refractivity contribution is 6.30. The molecule has 0 aromatic heterocycles. The smallest absolute Gasteiger partial charge is 0.252 e. The lowest BCUT2D eigenvalue weighted by atomic mass is 10.1. The molecule has 8 heteroatoms. The predicted molar refractivity (Wildman–Crippen MR) is 103 cm³/mol. The summed E-state index contributed by atoms with van der Waals surface area (Å²) in [5, 5.41) is 5.91. The quantitative estimate of drug-likeness (QED) is 0.756. The topological polar surface area (TPSA) is 85.9 Å². The van der Waals surface area contributed by atoms with Crippen molar-refractivity contribution < 1.29 is 23.8 Å². The molecule has 0 aliphatic rings. The van der Waals surface area contributed by atoms with Gasteiger partial charge in [-0.1, -0.05) is 11.6 Å². The lowest BCUT2D eigenvalue weighted by Crippen LogP contribution is -2.41. The number of benzene rings is 2. The highest BCUT2D eigenvalue weighted by Crippen LogP contribution is 2.38. The van der Waals surface area contributed by atoms with Crippen LogP contribution in [0.2, 0.25) is 5.02 Å². The summed E-state index contributed by atoms with van der Waals surface area (Å²) in [4.78, 5) is 24.8. The third kappa shape index (κ3) is 5.04. The van der Waals surface area contributed by atoms with Crippen LogP contribution in [-0.2, 0) is 4.79 Å². The van der Waals surface area contributed by atoms with Gasteiger partial charge in [-0.05, 0) is 43.3 Å². The van der Waals surface area contributed by atoms with Crippen molar-refractivity contribution in [1.82, 2.24) is 5.32 Å². The van der Waals surface area contributed by atoms with Gasteiger partial charge in [-0.3, -0.25) is 9.59 Å². The molecule has 144 valence electrons. The Morgan fingerprint density at radius 3 is 2.00 bits per heavy atom. The number of ether oxygens (including phenoxy) is 3. The monoisotopic (exact) mass is 392 g/mol. The molecule has 27 heavy (non-hydrogen) atoms. The van der Waals surface area contributed by atoms with Crippen molar-refractivity contribution >= 4 is 29.1 Å². The maximum absolute atomic E-state index is 12.5. The van der Waals surface area contributed by atoms with E-state index in [1.807, 2.05) is 0 Å². The molecule has 2 aromatic carbocycles.